The third-order valence-electron chi connectivity index (χ3n) is 4.27. The fourth-order valence-electron chi connectivity index (χ4n) is 2.91. The molecular weight excluding hydrogens is 338 g/mol. The van der Waals surface area contributed by atoms with Gasteiger partial charge in [-0.05, 0) is 31.4 Å². The molecule has 3 rings (SSSR count). The summed E-state index contributed by atoms with van der Waals surface area (Å²) in [6.07, 6.45) is 2.10. The molecule has 0 spiro atoms. The van der Waals surface area contributed by atoms with E-state index in [-0.39, 0.29) is 5.91 Å². The van der Waals surface area contributed by atoms with Crippen LogP contribution in [0.2, 0.25) is 0 Å². The first-order valence-electron chi connectivity index (χ1n) is 8.51. The lowest BCUT2D eigenvalue weighted by atomic mass is 9.99. The van der Waals surface area contributed by atoms with E-state index in [1.807, 2.05) is 36.1 Å². The number of aromatic nitrogens is 2. The van der Waals surface area contributed by atoms with Crippen molar-refractivity contribution in [2.45, 2.75) is 31.9 Å². The Bertz CT molecular complexity index is 719. The zero-order valence-corrected chi connectivity index (χ0v) is 15.4. The molecule has 134 valence electrons. The molecule has 1 aliphatic rings. The Morgan fingerprint density at radius 2 is 2.20 bits per heavy atom. The number of carbonyl (C=O) groups is 1. The maximum atomic E-state index is 12.4. The van der Waals surface area contributed by atoms with Crippen molar-refractivity contribution in [1.82, 2.24) is 15.1 Å². The molecule has 2 aromatic rings. The number of amides is 1. The van der Waals surface area contributed by atoms with Gasteiger partial charge in [0.05, 0.1) is 12.4 Å². The fraction of sp³-hybridized carbons (Fsp3) is 0.500. The van der Waals surface area contributed by atoms with Crippen LogP contribution in [0.4, 0.5) is 0 Å². The lowest BCUT2D eigenvalue weighted by Crippen LogP contribution is -2.42. The van der Waals surface area contributed by atoms with Crippen molar-refractivity contribution in [1.29, 1.82) is 0 Å². The Morgan fingerprint density at radius 1 is 1.36 bits per heavy atom. The summed E-state index contributed by atoms with van der Waals surface area (Å²) in [7, 11) is 0. The smallest absolute Gasteiger partial charge is 0.277 e. The highest BCUT2D eigenvalue weighted by molar-refractivity contribution is 7.99. The molecule has 1 atom stereocenters. The molecule has 1 saturated heterocycles. The van der Waals surface area contributed by atoms with Crippen LogP contribution in [0.25, 0.3) is 0 Å². The molecule has 2 heterocycles. The van der Waals surface area contributed by atoms with Crippen molar-refractivity contribution in [3.05, 3.63) is 35.7 Å². The molecule has 0 aliphatic carbocycles. The maximum Gasteiger partial charge on any atom is 0.277 e. The normalized spacial score (nSPS) is 17.5. The van der Waals surface area contributed by atoms with Gasteiger partial charge in [-0.15, -0.1) is 10.2 Å². The minimum absolute atomic E-state index is 0.112. The predicted octanol–water partition coefficient (Wildman–Crippen LogP) is 3.10. The lowest BCUT2D eigenvalue weighted by molar-refractivity contribution is -0.130. The summed E-state index contributed by atoms with van der Waals surface area (Å²) in [6.45, 7) is 5.98. The summed E-state index contributed by atoms with van der Waals surface area (Å²) in [6, 6.07) is 8.02. The zero-order chi connectivity index (χ0) is 17.6. The summed E-state index contributed by atoms with van der Waals surface area (Å²) >= 11 is 1.29. The van der Waals surface area contributed by atoms with Crippen LogP contribution in [-0.4, -0.2) is 46.5 Å². The molecule has 25 heavy (non-hydrogen) atoms. The standard InChI is InChI=1S/C18H23N3O3S/c1-13-6-3-4-8-16(13)23-11-15-7-5-9-21(10-15)17(22)12-25-18-20-19-14(2)24-18/h3-4,6,8,15H,5,7,9-12H2,1-2H3/t15-/m1/s1. The molecule has 0 N–H and O–H groups in total. The van der Waals surface area contributed by atoms with Crippen LogP contribution >= 0.6 is 11.8 Å². The second-order valence-corrected chi connectivity index (χ2v) is 7.23. The third-order valence-corrected chi connectivity index (χ3v) is 5.07. The van der Waals surface area contributed by atoms with E-state index >= 15 is 0 Å². The third kappa shape index (κ3) is 4.98. The number of benzene rings is 1. The Hall–Kier alpha value is -2.02. The van der Waals surface area contributed by atoms with Crippen LogP contribution < -0.4 is 4.74 Å². The number of piperidine rings is 1. The number of rotatable bonds is 6. The molecule has 1 aromatic carbocycles. The Balaban J connectivity index is 1.47. The van der Waals surface area contributed by atoms with Gasteiger partial charge in [-0.1, -0.05) is 30.0 Å². The van der Waals surface area contributed by atoms with E-state index in [1.54, 1.807) is 6.92 Å². The van der Waals surface area contributed by atoms with E-state index in [0.717, 1.165) is 37.2 Å². The molecule has 1 aliphatic heterocycles. The van der Waals surface area contributed by atoms with Crippen LogP contribution in [0.5, 0.6) is 5.75 Å². The van der Waals surface area contributed by atoms with Crippen LogP contribution in [0.1, 0.15) is 24.3 Å². The second-order valence-electron chi connectivity index (χ2n) is 6.30. The highest BCUT2D eigenvalue weighted by atomic mass is 32.2. The Morgan fingerprint density at radius 3 is 2.96 bits per heavy atom. The molecule has 0 bridgehead atoms. The molecule has 0 saturated carbocycles. The van der Waals surface area contributed by atoms with E-state index in [2.05, 4.69) is 10.2 Å². The van der Waals surface area contributed by atoms with Crippen molar-refractivity contribution < 1.29 is 13.9 Å². The first-order chi connectivity index (χ1) is 12.1. The summed E-state index contributed by atoms with van der Waals surface area (Å²) in [5.74, 6) is 2.25. The van der Waals surface area contributed by atoms with E-state index in [0.29, 0.717) is 29.4 Å². The lowest BCUT2D eigenvalue weighted by Gasteiger charge is -2.32. The fourth-order valence-corrected chi connectivity index (χ4v) is 3.61. The number of aryl methyl sites for hydroxylation is 2. The Labute approximate surface area is 151 Å². The number of para-hydroxylation sites is 1. The van der Waals surface area contributed by atoms with Gasteiger partial charge in [0.25, 0.3) is 5.22 Å². The van der Waals surface area contributed by atoms with Crippen molar-refractivity contribution in [2.24, 2.45) is 5.92 Å². The van der Waals surface area contributed by atoms with Crippen LogP contribution in [-0.2, 0) is 4.79 Å². The van der Waals surface area contributed by atoms with Gasteiger partial charge in [-0.3, -0.25) is 4.79 Å². The first-order valence-corrected chi connectivity index (χ1v) is 9.49. The van der Waals surface area contributed by atoms with Gasteiger partial charge in [-0.2, -0.15) is 0 Å². The average Bonchev–Trinajstić information content (AvgIpc) is 3.04. The highest BCUT2D eigenvalue weighted by Gasteiger charge is 2.24. The van der Waals surface area contributed by atoms with Gasteiger partial charge in [0.15, 0.2) is 0 Å². The Kier molecular flexibility index (Phi) is 5.96. The van der Waals surface area contributed by atoms with Crippen molar-refractivity contribution >= 4 is 17.7 Å². The quantitative estimate of drug-likeness (QED) is 0.737. The van der Waals surface area contributed by atoms with Crippen LogP contribution in [0, 0.1) is 19.8 Å². The summed E-state index contributed by atoms with van der Waals surface area (Å²) in [5, 5.41) is 8.12. The topological polar surface area (TPSA) is 68.5 Å². The number of thioether (sulfide) groups is 1. The van der Waals surface area contributed by atoms with Crippen LogP contribution in [0.15, 0.2) is 33.9 Å². The van der Waals surface area contributed by atoms with E-state index in [9.17, 15) is 4.79 Å². The summed E-state index contributed by atoms with van der Waals surface area (Å²) in [5.41, 5.74) is 1.14. The maximum absolute atomic E-state index is 12.4. The molecule has 7 heteroatoms. The molecule has 0 unspecified atom stereocenters. The molecule has 1 aromatic heterocycles. The van der Waals surface area contributed by atoms with Crippen molar-refractivity contribution in [3.8, 4) is 5.75 Å². The number of likely N-dealkylation sites (tertiary alicyclic amines) is 1. The largest absolute Gasteiger partial charge is 0.493 e. The van der Waals surface area contributed by atoms with Crippen molar-refractivity contribution in [3.63, 3.8) is 0 Å². The number of hydrogen-bond acceptors (Lipinski definition) is 6. The number of ether oxygens (including phenoxy) is 1. The highest BCUT2D eigenvalue weighted by Crippen LogP contribution is 2.22. The van der Waals surface area contributed by atoms with Crippen molar-refractivity contribution in [2.75, 3.05) is 25.4 Å². The van der Waals surface area contributed by atoms with Gasteiger partial charge < -0.3 is 14.1 Å². The van der Waals surface area contributed by atoms with Gasteiger partial charge in [0, 0.05) is 25.9 Å². The van der Waals surface area contributed by atoms with E-state index in [1.165, 1.54) is 11.8 Å². The number of hydrogen-bond donors (Lipinski definition) is 0. The average molecular weight is 361 g/mol. The van der Waals surface area contributed by atoms with Crippen LogP contribution in [0.3, 0.4) is 0 Å². The predicted molar refractivity (Wildman–Crippen MR) is 95.7 cm³/mol. The SMILES string of the molecule is Cc1nnc(SCC(=O)N2CCC[C@@H](COc3ccccc3C)C2)o1. The minimum atomic E-state index is 0.112. The van der Waals surface area contributed by atoms with E-state index < -0.39 is 0 Å². The summed E-state index contributed by atoms with van der Waals surface area (Å²) < 4.78 is 11.3. The second kappa shape index (κ2) is 8.38. The minimum Gasteiger partial charge on any atom is -0.493 e. The molecule has 6 nitrogen and oxygen atoms in total. The molecule has 1 amide bonds. The van der Waals surface area contributed by atoms with Gasteiger partial charge in [0.2, 0.25) is 11.8 Å². The molecule has 0 radical (unpaired) electrons. The van der Waals surface area contributed by atoms with Gasteiger partial charge in [-0.25, -0.2) is 0 Å². The summed E-state index contributed by atoms with van der Waals surface area (Å²) in [4.78, 5) is 14.3. The molecule has 1 fully saturated rings. The van der Waals surface area contributed by atoms with E-state index in [4.69, 9.17) is 9.15 Å². The first kappa shape index (κ1) is 17.8. The number of nitrogens with zero attached hydrogens (tertiary/aromatic N) is 3. The van der Waals surface area contributed by atoms with Gasteiger partial charge in [0.1, 0.15) is 5.75 Å². The molecular formula is C18H23N3O3S. The van der Waals surface area contributed by atoms with Gasteiger partial charge >= 0.3 is 0 Å². The monoisotopic (exact) mass is 361 g/mol. The number of carbonyl (C=O) groups excluding carboxylic acids is 1. The zero-order valence-electron chi connectivity index (χ0n) is 14.6.